The summed E-state index contributed by atoms with van der Waals surface area (Å²) in [5.74, 6) is 0.812. The van der Waals surface area contributed by atoms with Crippen LogP contribution in [-0.2, 0) is 13.0 Å². The lowest BCUT2D eigenvalue weighted by atomic mass is 10.1. The molecule has 5 nitrogen and oxygen atoms in total. The summed E-state index contributed by atoms with van der Waals surface area (Å²) in [6.07, 6.45) is 6.19. The Morgan fingerprint density at radius 2 is 2.17 bits per heavy atom. The molecule has 3 aromatic rings. The number of hydrogen-bond acceptors (Lipinski definition) is 3. The van der Waals surface area contributed by atoms with E-state index >= 15 is 0 Å². The standard InChI is InChI=1S/C18H23N5S/c1-14(8-9-15-6-4-3-5-7-15)21-17(19-2)20-12-16-13-23-10-11-24-18(23)22-16/h3-7,10-11,13-14H,8-9,12H2,1-2H3,(H2,19,20,21). The molecule has 0 spiro atoms. The zero-order valence-electron chi connectivity index (χ0n) is 14.1. The van der Waals surface area contributed by atoms with Gasteiger partial charge in [0.15, 0.2) is 10.9 Å². The van der Waals surface area contributed by atoms with Crippen molar-refractivity contribution in [2.75, 3.05) is 7.05 Å². The van der Waals surface area contributed by atoms with Gasteiger partial charge in [-0.3, -0.25) is 9.39 Å². The van der Waals surface area contributed by atoms with Crippen molar-refractivity contribution in [3.05, 3.63) is 59.4 Å². The number of aliphatic imine (C=N–C) groups is 1. The highest BCUT2D eigenvalue weighted by molar-refractivity contribution is 7.15. The van der Waals surface area contributed by atoms with Crippen molar-refractivity contribution in [1.82, 2.24) is 20.0 Å². The van der Waals surface area contributed by atoms with E-state index in [0.29, 0.717) is 12.6 Å². The quantitative estimate of drug-likeness (QED) is 0.535. The molecule has 0 bridgehead atoms. The van der Waals surface area contributed by atoms with Gasteiger partial charge in [-0.15, -0.1) is 11.3 Å². The molecule has 0 radical (unpaired) electrons. The Hall–Kier alpha value is -2.34. The summed E-state index contributed by atoms with van der Waals surface area (Å²) in [5.41, 5.74) is 2.38. The van der Waals surface area contributed by atoms with Crippen molar-refractivity contribution in [3.8, 4) is 0 Å². The number of rotatable bonds is 6. The summed E-state index contributed by atoms with van der Waals surface area (Å²) in [5, 5.41) is 8.81. The van der Waals surface area contributed by atoms with Gasteiger partial charge in [-0.2, -0.15) is 0 Å². The second-order valence-electron chi connectivity index (χ2n) is 5.82. The van der Waals surface area contributed by atoms with Crippen LogP contribution in [0.1, 0.15) is 24.6 Å². The highest BCUT2D eigenvalue weighted by Crippen LogP contribution is 2.11. The van der Waals surface area contributed by atoms with Crippen LogP contribution in [0.2, 0.25) is 0 Å². The molecular weight excluding hydrogens is 318 g/mol. The van der Waals surface area contributed by atoms with E-state index in [-0.39, 0.29) is 0 Å². The zero-order valence-corrected chi connectivity index (χ0v) is 14.9. The predicted molar refractivity (Wildman–Crippen MR) is 101 cm³/mol. The van der Waals surface area contributed by atoms with E-state index in [1.54, 1.807) is 18.4 Å². The Labute approximate surface area is 146 Å². The minimum absolute atomic E-state index is 0.349. The van der Waals surface area contributed by atoms with Gasteiger partial charge in [0, 0.05) is 30.9 Å². The molecule has 2 N–H and O–H groups in total. The van der Waals surface area contributed by atoms with Crippen LogP contribution in [0.5, 0.6) is 0 Å². The molecule has 24 heavy (non-hydrogen) atoms. The predicted octanol–water partition coefficient (Wildman–Crippen LogP) is 3.08. The van der Waals surface area contributed by atoms with Gasteiger partial charge in [0.2, 0.25) is 0 Å². The smallest absolute Gasteiger partial charge is 0.193 e. The molecule has 0 saturated heterocycles. The van der Waals surface area contributed by atoms with E-state index < -0.39 is 0 Å². The zero-order chi connectivity index (χ0) is 16.8. The lowest BCUT2D eigenvalue weighted by Gasteiger charge is -2.17. The van der Waals surface area contributed by atoms with Crippen LogP contribution in [0.4, 0.5) is 0 Å². The SMILES string of the molecule is CN=C(NCc1cn2ccsc2n1)NC(C)CCc1ccccc1. The summed E-state index contributed by atoms with van der Waals surface area (Å²) in [6.45, 7) is 2.85. The molecule has 126 valence electrons. The number of nitrogens with zero attached hydrogens (tertiary/aromatic N) is 3. The Morgan fingerprint density at radius 1 is 1.33 bits per heavy atom. The number of imidazole rings is 1. The summed E-state index contributed by atoms with van der Waals surface area (Å²) in [7, 11) is 1.80. The van der Waals surface area contributed by atoms with E-state index in [2.05, 4.69) is 57.9 Å². The van der Waals surface area contributed by atoms with Gasteiger partial charge in [-0.1, -0.05) is 30.3 Å². The van der Waals surface area contributed by atoms with Crippen molar-refractivity contribution in [1.29, 1.82) is 0 Å². The molecule has 1 unspecified atom stereocenters. The number of fused-ring (bicyclic) bond motifs is 1. The molecule has 0 aliphatic carbocycles. The average Bonchev–Trinajstić information content (AvgIpc) is 3.19. The highest BCUT2D eigenvalue weighted by atomic mass is 32.1. The van der Waals surface area contributed by atoms with E-state index in [9.17, 15) is 0 Å². The van der Waals surface area contributed by atoms with Crippen molar-refractivity contribution in [2.45, 2.75) is 32.4 Å². The van der Waals surface area contributed by atoms with Crippen LogP contribution >= 0.6 is 11.3 Å². The molecule has 0 aliphatic heterocycles. The van der Waals surface area contributed by atoms with Gasteiger partial charge >= 0.3 is 0 Å². The lowest BCUT2D eigenvalue weighted by Crippen LogP contribution is -2.42. The minimum atomic E-state index is 0.349. The second kappa shape index (κ2) is 7.97. The maximum atomic E-state index is 4.57. The van der Waals surface area contributed by atoms with Crippen LogP contribution in [0.15, 0.2) is 53.1 Å². The Bertz CT molecular complexity index is 761. The average molecular weight is 341 g/mol. The maximum absolute atomic E-state index is 4.57. The third-order valence-electron chi connectivity index (χ3n) is 3.90. The summed E-state index contributed by atoms with van der Waals surface area (Å²) >= 11 is 1.64. The highest BCUT2D eigenvalue weighted by Gasteiger charge is 2.07. The van der Waals surface area contributed by atoms with E-state index in [1.807, 2.05) is 22.2 Å². The monoisotopic (exact) mass is 341 g/mol. The van der Waals surface area contributed by atoms with Gasteiger partial charge in [0.25, 0.3) is 0 Å². The fourth-order valence-corrected chi connectivity index (χ4v) is 3.28. The summed E-state index contributed by atoms with van der Waals surface area (Å²) < 4.78 is 2.04. The molecule has 2 aromatic heterocycles. The fourth-order valence-electron chi connectivity index (χ4n) is 2.56. The van der Waals surface area contributed by atoms with Crippen molar-refractivity contribution in [2.24, 2.45) is 4.99 Å². The molecule has 1 aromatic carbocycles. The molecule has 0 fully saturated rings. The third kappa shape index (κ3) is 4.35. The first kappa shape index (κ1) is 16.5. The van der Waals surface area contributed by atoms with Gasteiger partial charge in [0.1, 0.15) is 0 Å². The number of thiazole rings is 1. The maximum Gasteiger partial charge on any atom is 0.193 e. The largest absolute Gasteiger partial charge is 0.354 e. The number of nitrogens with one attached hydrogen (secondary N) is 2. The number of aryl methyl sites for hydroxylation is 1. The lowest BCUT2D eigenvalue weighted by molar-refractivity contribution is 0.592. The Morgan fingerprint density at radius 3 is 2.92 bits per heavy atom. The van der Waals surface area contributed by atoms with Crippen LogP contribution in [0, 0.1) is 0 Å². The first-order valence-electron chi connectivity index (χ1n) is 8.17. The van der Waals surface area contributed by atoms with Crippen molar-refractivity contribution >= 4 is 22.3 Å². The minimum Gasteiger partial charge on any atom is -0.354 e. The van der Waals surface area contributed by atoms with Crippen LogP contribution in [0.25, 0.3) is 4.96 Å². The fraction of sp³-hybridized carbons (Fsp3) is 0.333. The number of hydrogen-bond donors (Lipinski definition) is 2. The van der Waals surface area contributed by atoms with E-state index in [1.165, 1.54) is 5.56 Å². The molecular formula is C18H23N5S. The van der Waals surface area contributed by atoms with Crippen LogP contribution in [0.3, 0.4) is 0 Å². The normalized spacial score (nSPS) is 13.2. The Balaban J connectivity index is 1.46. The van der Waals surface area contributed by atoms with Crippen LogP contribution in [-0.4, -0.2) is 28.4 Å². The number of guanidine groups is 1. The summed E-state index contributed by atoms with van der Waals surface area (Å²) in [6, 6.07) is 10.9. The van der Waals surface area contributed by atoms with E-state index in [4.69, 9.17) is 0 Å². The topological polar surface area (TPSA) is 53.7 Å². The first-order valence-corrected chi connectivity index (χ1v) is 9.05. The van der Waals surface area contributed by atoms with Crippen LogP contribution < -0.4 is 10.6 Å². The molecule has 0 saturated carbocycles. The number of benzene rings is 1. The van der Waals surface area contributed by atoms with E-state index in [0.717, 1.165) is 29.5 Å². The third-order valence-corrected chi connectivity index (χ3v) is 4.67. The van der Waals surface area contributed by atoms with Crippen molar-refractivity contribution < 1.29 is 0 Å². The first-order chi connectivity index (χ1) is 11.7. The van der Waals surface area contributed by atoms with Gasteiger partial charge < -0.3 is 10.6 Å². The van der Waals surface area contributed by atoms with Gasteiger partial charge in [-0.05, 0) is 25.3 Å². The summed E-state index contributed by atoms with van der Waals surface area (Å²) in [4.78, 5) is 9.89. The molecule has 2 heterocycles. The molecule has 1 atom stereocenters. The van der Waals surface area contributed by atoms with Crippen molar-refractivity contribution in [3.63, 3.8) is 0 Å². The molecule has 0 amide bonds. The molecule has 3 rings (SSSR count). The second-order valence-corrected chi connectivity index (χ2v) is 6.69. The van der Waals surface area contributed by atoms with Gasteiger partial charge in [0.05, 0.1) is 12.2 Å². The van der Waals surface area contributed by atoms with Gasteiger partial charge in [-0.25, -0.2) is 4.98 Å². The molecule has 6 heteroatoms. The molecule has 0 aliphatic rings. The number of aromatic nitrogens is 2. The Kier molecular flexibility index (Phi) is 5.48.